The van der Waals surface area contributed by atoms with Crippen LogP contribution < -0.4 is 10.5 Å². The monoisotopic (exact) mass is 283 g/mol. The predicted octanol–water partition coefficient (Wildman–Crippen LogP) is 3.60. The molecule has 2 aromatic rings. The molecule has 2 unspecified atom stereocenters. The molecule has 3 heteroatoms. The second-order valence-corrected chi connectivity index (χ2v) is 5.02. The van der Waals surface area contributed by atoms with Crippen LogP contribution in [-0.2, 0) is 0 Å². The number of ketones is 1. The molecule has 0 amide bonds. The lowest BCUT2D eigenvalue weighted by atomic mass is 9.88. The number of ether oxygens (including phenoxy) is 1. The second-order valence-electron chi connectivity index (χ2n) is 5.02. The van der Waals surface area contributed by atoms with Crippen LogP contribution in [0.25, 0.3) is 0 Å². The molecule has 0 fully saturated rings. The van der Waals surface area contributed by atoms with Crippen molar-refractivity contribution in [2.24, 2.45) is 11.7 Å². The van der Waals surface area contributed by atoms with Gasteiger partial charge in [-0.25, -0.2) is 0 Å². The summed E-state index contributed by atoms with van der Waals surface area (Å²) in [5.74, 6) is 0.321. The summed E-state index contributed by atoms with van der Waals surface area (Å²) in [4.78, 5) is 12.7. The van der Waals surface area contributed by atoms with Crippen LogP contribution in [0.15, 0.2) is 54.6 Å². The van der Waals surface area contributed by atoms with Crippen molar-refractivity contribution in [1.29, 1.82) is 0 Å². The van der Waals surface area contributed by atoms with Gasteiger partial charge in [0.1, 0.15) is 5.75 Å². The highest BCUT2D eigenvalue weighted by Crippen LogP contribution is 2.27. The lowest BCUT2D eigenvalue weighted by molar-refractivity contribution is 0.0909. The van der Waals surface area contributed by atoms with Crippen molar-refractivity contribution < 1.29 is 9.53 Å². The minimum absolute atomic E-state index is 0.00963. The Kier molecular flexibility index (Phi) is 5.12. The summed E-state index contributed by atoms with van der Waals surface area (Å²) < 4.78 is 5.53. The third-order valence-electron chi connectivity index (χ3n) is 3.59. The van der Waals surface area contributed by atoms with Gasteiger partial charge < -0.3 is 10.5 Å². The van der Waals surface area contributed by atoms with E-state index in [2.05, 4.69) is 0 Å². The minimum atomic E-state index is -0.326. The average Bonchev–Trinajstić information content (AvgIpc) is 2.54. The lowest BCUT2D eigenvalue weighted by Gasteiger charge is -2.20. The van der Waals surface area contributed by atoms with Crippen LogP contribution in [0.4, 0.5) is 0 Å². The van der Waals surface area contributed by atoms with Crippen molar-refractivity contribution in [2.75, 3.05) is 6.61 Å². The first kappa shape index (κ1) is 15.3. The van der Waals surface area contributed by atoms with E-state index >= 15 is 0 Å². The minimum Gasteiger partial charge on any atom is -0.493 e. The number of Topliss-reactive ketones (excluding diaryl/α,β-unsaturated/α-hetero) is 1. The third kappa shape index (κ3) is 3.50. The molecule has 0 radical (unpaired) electrons. The van der Waals surface area contributed by atoms with Crippen molar-refractivity contribution in [2.45, 2.75) is 19.9 Å². The van der Waals surface area contributed by atoms with Crippen molar-refractivity contribution in [3.63, 3.8) is 0 Å². The lowest BCUT2D eigenvalue weighted by Crippen LogP contribution is -2.26. The molecule has 0 aliphatic rings. The summed E-state index contributed by atoms with van der Waals surface area (Å²) in [7, 11) is 0. The summed E-state index contributed by atoms with van der Waals surface area (Å²) in [6.07, 6.45) is 0. The van der Waals surface area contributed by atoms with Gasteiger partial charge in [-0.05, 0) is 24.6 Å². The van der Waals surface area contributed by atoms with E-state index < -0.39 is 0 Å². The molecule has 2 atom stereocenters. The first-order chi connectivity index (χ1) is 10.1. The van der Waals surface area contributed by atoms with Crippen LogP contribution in [-0.4, -0.2) is 12.4 Å². The van der Waals surface area contributed by atoms with E-state index in [-0.39, 0.29) is 17.7 Å². The molecule has 0 aromatic heterocycles. The van der Waals surface area contributed by atoms with Crippen molar-refractivity contribution in [3.8, 4) is 5.75 Å². The van der Waals surface area contributed by atoms with Gasteiger partial charge in [0.05, 0.1) is 12.2 Å². The summed E-state index contributed by atoms with van der Waals surface area (Å²) in [5.41, 5.74) is 7.80. The fraction of sp³-hybridized carbons (Fsp3) is 0.278. The summed E-state index contributed by atoms with van der Waals surface area (Å²) >= 11 is 0. The normalized spacial score (nSPS) is 13.5. The number of carbonyl (C=O) groups is 1. The van der Waals surface area contributed by atoms with Gasteiger partial charge in [0.25, 0.3) is 0 Å². The zero-order chi connectivity index (χ0) is 15.2. The highest BCUT2D eigenvalue weighted by atomic mass is 16.5. The van der Waals surface area contributed by atoms with Crippen molar-refractivity contribution in [3.05, 3.63) is 65.7 Å². The molecule has 0 aliphatic heterocycles. The molecule has 0 bridgehead atoms. The molecule has 0 saturated carbocycles. The number of nitrogens with two attached hydrogens (primary N) is 1. The molecule has 3 nitrogen and oxygen atoms in total. The molecule has 0 heterocycles. The van der Waals surface area contributed by atoms with E-state index in [0.717, 1.165) is 5.56 Å². The Morgan fingerprint density at radius 3 is 2.38 bits per heavy atom. The number of carbonyl (C=O) groups excluding carboxylic acids is 1. The maximum Gasteiger partial charge on any atom is 0.171 e. The molecule has 110 valence electrons. The Morgan fingerprint density at radius 1 is 1.10 bits per heavy atom. The van der Waals surface area contributed by atoms with Crippen LogP contribution >= 0.6 is 0 Å². The first-order valence-electron chi connectivity index (χ1n) is 7.21. The highest BCUT2D eigenvalue weighted by Gasteiger charge is 2.25. The first-order valence-corrected chi connectivity index (χ1v) is 7.21. The van der Waals surface area contributed by atoms with Crippen LogP contribution in [0.3, 0.4) is 0 Å². The number of para-hydroxylation sites is 1. The van der Waals surface area contributed by atoms with E-state index in [1.165, 1.54) is 0 Å². The maximum absolute atomic E-state index is 12.7. The van der Waals surface area contributed by atoms with Gasteiger partial charge in [0.15, 0.2) is 5.78 Å². The highest BCUT2D eigenvalue weighted by molar-refractivity contribution is 6.00. The Morgan fingerprint density at radius 2 is 1.71 bits per heavy atom. The van der Waals surface area contributed by atoms with Gasteiger partial charge in [0, 0.05) is 12.0 Å². The molecule has 0 aliphatic carbocycles. The van der Waals surface area contributed by atoms with Crippen LogP contribution in [0.2, 0.25) is 0 Å². The second kappa shape index (κ2) is 7.04. The molecule has 21 heavy (non-hydrogen) atoms. The van der Waals surface area contributed by atoms with Crippen LogP contribution in [0, 0.1) is 5.92 Å². The van der Waals surface area contributed by atoms with Gasteiger partial charge >= 0.3 is 0 Å². The molecule has 2 N–H and O–H groups in total. The average molecular weight is 283 g/mol. The molecule has 2 aromatic carbocycles. The van der Waals surface area contributed by atoms with E-state index in [1.807, 2.05) is 62.4 Å². The Labute approximate surface area is 125 Å². The Bertz CT molecular complexity index is 595. The molecule has 0 saturated heterocycles. The smallest absolute Gasteiger partial charge is 0.171 e. The van der Waals surface area contributed by atoms with Gasteiger partial charge in [-0.2, -0.15) is 0 Å². The number of hydrogen-bond donors (Lipinski definition) is 1. The Hall–Kier alpha value is -2.13. The zero-order valence-electron chi connectivity index (χ0n) is 12.5. The maximum atomic E-state index is 12.7. The summed E-state index contributed by atoms with van der Waals surface area (Å²) in [6.45, 7) is 4.30. The van der Waals surface area contributed by atoms with Gasteiger partial charge in [-0.15, -0.1) is 0 Å². The van der Waals surface area contributed by atoms with Gasteiger partial charge in [-0.1, -0.05) is 49.4 Å². The van der Waals surface area contributed by atoms with E-state index in [0.29, 0.717) is 17.9 Å². The van der Waals surface area contributed by atoms with E-state index in [9.17, 15) is 4.79 Å². The van der Waals surface area contributed by atoms with Crippen LogP contribution in [0.1, 0.15) is 35.8 Å². The van der Waals surface area contributed by atoms with E-state index in [1.54, 1.807) is 6.07 Å². The SMILES string of the molecule is CCOc1ccccc1C(=O)C(C)C(N)c1ccccc1. The summed E-state index contributed by atoms with van der Waals surface area (Å²) in [6, 6.07) is 16.7. The topological polar surface area (TPSA) is 52.3 Å². The standard InChI is InChI=1S/C18H21NO2/c1-3-21-16-12-8-7-11-15(16)18(20)13(2)17(19)14-9-5-4-6-10-14/h4-13,17H,3,19H2,1-2H3. The predicted molar refractivity (Wildman–Crippen MR) is 84.5 cm³/mol. The van der Waals surface area contributed by atoms with Crippen molar-refractivity contribution in [1.82, 2.24) is 0 Å². The van der Waals surface area contributed by atoms with Crippen LogP contribution in [0.5, 0.6) is 5.75 Å². The van der Waals surface area contributed by atoms with Crippen molar-refractivity contribution >= 4 is 5.78 Å². The fourth-order valence-electron chi connectivity index (χ4n) is 2.32. The molecule has 2 rings (SSSR count). The number of rotatable bonds is 6. The Balaban J connectivity index is 2.23. The molecular formula is C18H21NO2. The third-order valence-corrected chi connectivity index (χ3v) is 3.59. The fourth-order valence-corrected chi connectivity index (χ4v) is 2.32. The molecular weight excluding hydrogens is 262 g/mol. The quantitative estimate of drug-likeness (QED) is 0.824. The molecule has 0 spiro atoms. The zero-order valence-corrected chi connectivity index (χ0v) is 12.5. The number of benzene rings is 2. The van der Waals surface area contributed by atoms with Gasteiger partial charge in [0.2, 0.25) is 0 Å². The van der Waals surface area contributed by atoms with Gasteiger partial charge in [-0.3, -0.25) is 4.79 Å². The largest absolute Gasteiger partial charge is 0.493 e. The summed E-state index contributed by atoms with van der Waals surface area (Å²) in [5, 5.41) is 0. The van der Waals surface area contributed by atoms with E-state index in [4.69, 9.17) is 10.5 Å². The number of hydrogen-bond acceptors (Lipinski definition) is 3.